The van der Waals surface area contributed by atoms with Crippen LogP contribution in [0, 0.1) is 34.0 Å². The number of aldehydes is 1. The normalized spacial score (nSPS) is 58.5. The summed E-state index contributed by atoms with van der Waals surface area (Å²) in [6.45, 7) is 5.42. The zero-order valence-corrected chi connectivity index (χ0v) is 23.8. The van der Waals surface area contributed by atoms with E-state index in [4.69, 9.17) is 28.4 Å². The monoisotopic (exact) mass is 560 g/mol. The standard InChI is InChI=1S/C31H44O9/c1-18-11-22-25(37-17-36-22)26(39-18)40-19-3-8-28(14-32)20-5-9-29-15-38-30(13-24(33)35-16-30)23(29)6-10-31(29,34)21(20)4-7-27(28,2)12-19/h14,18-23,25-26,34H,3-13,15-17H2,1-2H3/t18-,19+,20-,21-,22-,23-,25+,26+,27+,28-,29-,30+,31+/m0/s1. The van der Waals surface area contributed by atoms with Gasteiger partial charge in [-0.2, -0.15) is 0 Å². The van der Waals surface area contributed by atoms with E-state index >= 15 is 0 Å². The fourth-order valence-corrected chi connectivity index (χ4v) is 11.6. The summed E-state index contributed by atoms with van der Waals surface area (Å²) in [5.74, 6) is 0.139. The zero-order valence-electron chi connectivity index (χ0n) is 23.8. The van der Waals surface area contributed by atoms with Crippen molar-refractivity contribution >= 4 is 12.3 Å². The predicted molar refractivity (Wildman–Crippen MR) is 139 cm³/mol. The Labute approximate surface area is 235 Å². The quantitative estimate of drug-likeness (QED) is 0.316. The van der Waals surface area contributed by atoms with Crippen molar-refractivity contribution in [1.82, 2.24) is 0 Å². The lowest BCUT2D eigenvalue weighted by atomic mass is 9.39. The fourth-order valence-electron chi connectivity index (χ4n) is 11.6. The number of cyclic esters (lactones) is 1. The summed E-state index contributed by atoms with van der Waals surface area (Å²) in [7, 11) is 0. The molecule has 1 N–H and O–H groups in total. The van der Waals surface area contributed by atoms with Crippen molar-refractivity contribution in [2.24, 2.45) is 34.0 Å². The van der Waals surface area contributed by atoms with Gasteiger partial charge in [-0.25, -0.2) is 0 Å². The summed E-state index contributed by atoms with van der Waals surface area (Å²) in [5.41, 5.74) is -2.49. The summed E-state index contributed by atoms with van der Waals surface area (Å²) in [6.07, 6.45) is 9.25. The Kier molecular flexibility index (Phi) is 5.79. The molecule has 4 heterocycles. The van der Waals surface area contributed by atoms with Crippen LogP contribution >= 0.6 is 0 Å². The van der Waals surface area contributed by atoms with Crippen molar-refractivity contribution in [2.75, 3.05) is 20.0 Å². The summed E-state index contributed by atoms with van der Waals surface area (Å²) in [5, 5.41) is 12.7. The van der Waals surface area contributed by atoms with Crippen LogP contribution in [0.2, 0.25) is 0 Å². The maximum atomic E-state index is 13.3. The molecule has 4 saturated carbocycles. The molecule has 4 aliphatic carbocycles. The average Bonchev–Trinajstić information content (AvgIpc) is 3.68. The van der Waals surface area contributed by atoms with Gasteiger partial charge < -0.3 is 38.3 Å². The molecule has 0 radical (unpaired) electrons. The maximum Gasteiger partial charge on any atom is 0.308 e. The number of aliphatic hydroxyl groups is 1. The van der Waals surface area contributed by atoms with Gasteiger partial charge in [0, 0.05) is 23.2 Å². The number of carbonyl (C=O) groups excluding carboxylic acids is 2. The molecule has 0 aromatic rings. The molecule has 4 aliphatic heterocycles. The van der Waals surface area contributed by atoms with E-state index in [2.05, 4.69) is 13.8 Å². The molecule has 9 heteroatoms. The van der Waals surface area contributed by atoms with Crippen LogP contribution in [0.1, 0.15) is 84.5 Å². The third-order valence-corrected chi connectivity index (χ3v) is 13.5. The minimum Gasteiger partial charge on any atom is -0.462 e. The second-order valence-corrected chi connectivity index (χ2v) is 14.9. The molecule has 0 bridgehead atoms. The van der Waals surface area contributed by atoms with Crippen molar-refractivity contribution in [3.63, 3.8) is 0 Å². The second kappa shape index (κ2) is 8.73. The first-order valence-electron chi connectivity index (χ1n) is 15.7. The molecule has 2 spiro atoms. The van der Waals surface area contributed by atoms with Crippen molar-refractivity contribution in [3.8, 4) is 0 Å². The van der Waals surface area contributed by atoms with Crippen molar-refractivity contribution in [1.29, 1.82) is 0 Å². The Bertz CT molecular complexity index is 1080. The van der Waals surface area contributed by atoms with Gasteiger partial charge in [0.1, 0.15) is 31.4 Å². The van der Waals surface area contributed by atoms with Crippen LogP contribution in [0.25, 0.3) is 0 Å². The number of ether oxygens (including phenoxy) is 6. The van der Waals surface area contributed by atoms with Crippen LogP contribution in [-0.2, 0) is 38.0 Å². The summed E-state index contributed by atoms with van der Waals surface area (Å²) < 4.78 is 36.2. The van der Waals surface area contributed by atoms with Gasteiger partial charge in [-0.15, -0.1) is 0 Å². The van der Waals surface area contributed by atoms with Crippen LogP contribution in [0.3, 0.4) is 0 Å². The van der Waals surface area contributed by atoms with E-state index in [0.717, 1.165) is 64.2 Å². The lowest BCUT2D eigenvalue weighted by Crippen LogP contribution is -2.67. The van der Waals surface area contributed by atoms with Gasteiger partial charge in [0.2, 0.25) is 0 Å². The highest BCUT2D eigenvalue weighted by atomic mass is 16.8. The Hall–Kier alpha value is -1.10. The van der Waals surface area contributed by atoms with Crippen LogP contribution < -0.4 is 0 Å². The van der Waals surface area contributed by atoms with E-state index in [1.165, 1.54) is 6.29 Å². The first kappa shape index (κ1) is 26.5. The number of esters is 1. The van der Waals surface area contributed by atoms with Gasteiger partial charge in [0.25, 0.3) is 0 Å². The third kappa shape index (κ3) is 3.25. The minimum absolute atomic E-state index is 0.00773. The molecule has 9 nitrogen and oxygen atoms in total. The van der Waals surface area contributed by atoms with Crippen LogP contribution in [0.15, 0.2) is 0 Å². The minimum atomic E-state index is -0.874. The van der Waals surface area contributed by atoms with E-state index < -0.39 is 22.9 Å². The van der Waals surface area contributed by atoms with Crippen molar-refractivity contribution < 1.29 is 43.1 Å². The van der Waals surface area contributed by atoms with Gasteiger partial charge in [-0.3, -0.25) is 4.79 Å². The van der Waals surface area contributed by atoms with E-state index in [-0.39, 0.29) is 65.8 Å². The smallest absolute Gasteiger partial charge is 0.308 e. The highest BCUT2D eigenvalue weighted by Gasteiger charge is 2.77. The molecule has 8 aliphatic rings. The number of hydrogen-bond donors (Lipinski definition) is 1. The molecule has 0 aromatic carbocycles. The predicted octanol–water partition coefficient (Wildman–Crippen LogP) is 3.29. The highest BCUT2D eigenvalue weighted by molar-refractivity contribution is 5.73. The maximum absolute atomic E-state index is 13.3. The number of hydrogen-bond acceptors (Lipinski definition) is 9. The van der Waals surface area contributed by atoms with E-state index in [1.807, 2.05) is 0 Å². The molecule has 0 unspecified atom stereocenters. The Morgan fingerprint density at radius 3 is 2.67 bits per heavy atom. The molecule has 0 amide bonds. The van der Waals surface area contributed by atoms with Crippen LogP contribution in [0.4, 0.5) is 0 Å². The van der Waals surface area contributed by atoms with Crippen LogP contribution in [-0.4, -0.2) is 79.3 Å². The first-order valence-corrected chi connectivity index (χ1v) is 15.7. The van der Waals surface area contributed by atoms with Gasteiger partial charge in [-0.05, 0) is 82.0 Å². The molecule has 8 rings (SSSR count). The summed E-state index contributed by atoms with van der Waals surface area (Å²) in [6, 6.07) is 0. The van der Waals surface area contributed by atoms with Gasteiger partial charge >= 0.3 is 5.97 Å². The topological polar surface area (TPSA) is 110 Å². The zero-order chi connectivity index (χ0) is 27.5. The van der Waals surface area contributed by atoms with Crippen molar-refractivity contribution in [3.05, 3.63) is 0 Å². The highest BCUT2D eigenvalue weighted by Crippen LogP contribution is 2.74. The van der Waals surface area contributed by atoms with Crippen molar-refractivity contribution in [2.45, 2.75) is 126 Å². The largest absolute Gasteiger partial charge is 0.462 e. The lowest BCUT2D eigenvalue weighted by molar-refractivity contribution is -0.277. The number of rotatable bonds is 3. The lowest BCUT2D eigenvalue weighted by Gasteiger charge is -2.66. The van der Waals surface area contributed by atoms with E-state index in [9.17, 15) is 14.7 Å². The average molecular weight is 561 g/mol. The Morgan fingerprint density at radius 1 is 1.02 bits per heavy atom. The van der Waals surface area contributed by atoms with Gasteiger partial charge in [-0.1, -0.05) is 6.92 Å². The van der Waals surface area contributed by atoms with Gasteiger partial charge in [0.05, 0.1) is 36.9 Å². The molecule has 4 saturated heterocycles. The first-order chi connectivity index (χ1) is 19.2. The molecule has 13 atom stereocenters. The van der Waals surface area contributed by atoms with Gasteiger partial charge in [0.15, 0.2) is 6.29 Å². The van der Waals surface area contributed by atoms with E-state index in [0.29, 0.717) is 19.6 Å². The third-order valence-electron chi connectivity index (χ3n) is 13.5. The Balaban J connectivity index is 1.04. The van der Waals surface area contributed by atoms with E-state index in [1.54, 1.807) is 0 Å². The van der Waals surface area contributed by atoms with Crippen LogP contribution in [0.5, 0.6) is 0 Å². The molecular formula is C31H44O9. The molecular weight excluding hydrogens is 516 g/mol. The SMILES string of the molecule is C[C@H]1C[C@@H]2OCO[C@H]2[C@@H](O[C@@H]2CC[C@]3(C=O)[C@H]4CC[C@]56CO[C@]7(COC(=O)C7)[C@H]5CC[C@@]6(O)[C@H]4CC[C@]3(C)C2)O1. The molecule has 8 fully saturated rings. The molecule has 40 heavy (non-hydrogen) atoms. The molecule has 0 aromatic heterocycles. The summed E-state index contributed by atoms with van der Waals surface area (Å²) in [4.78, 5) is 25.4. The summed E-state index contributed by atoms with van der Waals surface area (Å²) >= 11 is 0. The second-order valence-electron chi connectivity index (χ2n) is 14.9. The molecule has 222 valence electrons. The fraction of sp³-hybridized carbons (Fsp3) is 0.935. The number of carbonyl (C=O) groups is 2. The Morgan fingerprint density at radius 2 is 1.88 bits per heavy atom. The number of fused-ring (bicyclic) bond motifs is 6.